The summed E-state index contributed by atoms with van der Waals surface area (Å²) in [6.07, 6.45) is 1.01. The van der Waals surface area contributed by atoms with Gasteiger partial charge in [0.1, 0.15) is 11.9 Å². The molecule has 0 radical (unpaired) electrons. The van der Waals surface area contributed by atoms with E-state index in [0.717, 1.165) is 23.7 Å². The molecule has 1 N–H and O–H groups in total. The summed E-state index contributed by atoms with van der Waals surface area (Å²) in [5, 5.41) is 2.84. The predicted octanol–water partition coefficient (Wildman–Crippen LogP) is -0.117. The Morgan fingerprint density at radius 1 is 1.23 bits per heavy atom. The van der Waals surface area contributed by atoms with Gasteiger partial charge in [-0.2, -0.15) is 4.31 Å². The van der Waals surface area contributed by atoms with Crippen molar-refractivity contribution in [2.24, 2.45) is 0 Å². The summed E-state index contributed by atoms with van der Waals surface area (Å²) in [7, 11) is -2.26. The van der Waals surface area contributed by atoms with E-state index < -0.39 is 34.3 Å². The Labute approximate surface area is 183 Å². The van der Waals surface area contributed by atoms with Gasteiger partial charge in [-0.25, -0.2) is 12.8 Å². The first kappa shape index (κ1) is 25.2. The number of benzene rings is 1. The summed E-state index contributed by atoms with van der Waals surface area (Å²) in [6, 6.07) is 4.76. The van der Waals surface area contributed by atoms with Crippen molar-refractivity contribution < 1.29 is 27.1 Å². The number of nitrogens with zero attached hydrogens (tertiary/aromatic N) is 3. The number of hydrogen-bond donors (Lipinski definition) is 1. The van der Waals surface area contributed by atoms with E-state index in [1.165, 1.54) is 36.2 Å². The van der Waals surface area contributed by atoms with E-state index in [4.69, 9.17) is 4.74 Å². The maximum Gasteiger partial charge on any atom is 0.242 e. The maximum atomic E-state index is 13.2. The van der Waals surface area contributed by atoms with Crippen molar-refractivity contribution in [2.75, 3.05) is 59.2 Å². The van der Waals surface area contributed by atoms with E-state index >= 15 is 0 Å². The Bertz CT molecular complexity index is 844. The largest absolute Gasteiger partial charge is 0.379 e. The van der Waals surface area contributed by atoms with Gasteiger partial charge in [-0.1, -0.05) is 12.1 Å². The lowest BCUT2D eigenvalue weighted by atomic mass is 10.1. The molecule has 1 fully saturated rings. The summed E-state index contributed by atoms with van der Waals surface area (Å²) in [5.41, 5.74) is 0.629. The second kappa shape index (κ2) is 11.5. The van der Waals surface area contributed by atoms with Gasteiger partial charge in [-0.05, 0) is 24.6 Å². The number of sulfonamides is 1. The number of rotatable bonds is 10. The van der Waals surface area contributed by atoms with Crippen molar-refractivity contribution in [3.05, 3.63) is 35.6 Å². The van der Waals surface area contributed by atoms with Gasteiger partial charge >= 0.3 is 0 Å². The number of carbonyl (C=O) groups is 2. The highest BCUT2D eigenvalue weighted by Gasteiger charge is 2.28. The molecule has 2 amide bonds. The zero-order valence-corrected chi connectivity index (χ0v) is 19.0. The Hall–Kier alpha value is -2.08. The van der Waals surface area contributed by atoms with Crippen LogP contribution < -0.4 is 5.32 Å². The molecule has 11 heteroatoms. The van der Waals surface area contributed by atoms with Crippen LogP contribution in [0.1, 0.15) is 12.5 Å². The minimum absolute atomic E-state index is 0.0504. The van der Waals surface area contributed by atoms with Gasteiger partial charge < -0.3 is 15.0 Å². The lowest BCUT2D eigenvalue weighted by Crippen LogP contribution is -2.51. The van der Waals surface area contributed by atoms with Crippen molar-refractivity contribution in [1.29, 1.82) is 0 Å². The van der Waals surface area contributed by atoms with E-state index in [2.05, 4.69) is 10.2 Å². The van der Waals surface area contributed by atoms with Crippen LogP contribution in [0, 0.1) is 5.82 Å². The molecule has 1 aromatic carbocycles. The minimum atomic E-state index is -3.56. The standard InChI is InChI=1S/C20H31FN4O5S/c1-16(20(27)22-8-9-24-10-12-30-13-11-24)25(14-17-4-6-18(21)7-5-17)19(26)15-23(2)31(3,28)29/h4-7,16H,8-15H2,1-3H3,(H,22,27)/t16-/m1/s1. The first-order valence-electron chi connectivity index (χ1n) is 10.1. The van der Waals surface area contributed by atoms with Gasteiger partial charge in [-0.15, -0.1) is 0 Å². The summed E-state index contributed by atoms with van der Waals surface area (Å²) in [6.45, 7) is 5.27. The van der Waals surface area contributed by atoms with Crippen LogP contribution in [0.5, 0.6) is 0 Å². The van der Waals surface area contributed by atoms with E-state index in [9.17, 15) is 22.4 Å². The lowest BCUT2D eigenvalue weighted by Gasteiger charge is -2.31. The minimum Gasteiger partial charge on any atom is -0.379 e. The quantitative estimate of drug-likeness (QED) is 0.525. The van der Waals surface area contributed by atoms with Crippen LogP contribution in [0.2, 0.25) is 0 Å². The molecule has 1 aliphatic rings. The van der Waals surface area contributed by atoms with Crippen molar-refractivity contribution in [2.45, 2.75) is 19.5 Å². The molecule has 0 saturated carbocycles. The number of amides is 2. The molecule has 31 heavy (non-hydrogen) atoms. The molecule has 1 aliphatic heterocycles. The van der Waals surface area contributed by atoms with Crippen LogP contribution in [-0.2, 0) is 30.9 Å². The van der Waals surface area contributed by atoms with Crippen LogP contribution in [0.15, 0.2) is 24.3 Å². The number of morpholine rings is 1. The van der Waals surface area contributed by atoms with Gasteiger partial charge in [-0.3, -0.25) is 14.5 Å². The van der Waals surface area contributed by atoms with E-state index in [1.807, 2.05) is 0 Å². The van der Waals surface area contributed by atoms with E-state index in [-0.39, 0.29) is 12.5 Å². The van der Waals surface area contributed by atoms with Crippen molar-refractivity contribution in [1.82, 2.24) is 19.4 Å². The molecule has 0 aromatic heterocycles. The SMILES string of the molecule is C[C@H](C(=O)NCCN1CCOCC1)N(Cc1ccc(F)cc1)C(=O)CN(C)S(C)(=O)=O. The second-order valence-electron chi connectivity index (χ2n) is 7.59. The fraction of sp³-hybridized carbons (Fsp3) is 0.600. The molecular weight excluding hydrogens is 427 g/mol. The number of carbonyl (C=O) groups excluding carboxylic acids is 2. The number of halogens is 1. The second-order valence-corrected chi connectivity index (χ2v) is 9.68. The van der Waals surface area contributed by atoms with Gasteiger partial charge in [0.2, 0.25) is 21.8 Å². The molecule has 1 aromatic rings. The summed E-state index contributed by atoms with van der Waals surface area (Å²) < 4.78 is 42.9. The van der Waals surface area contributed by atoms with Gasteiger partial charge in [0.05, 0.1) is 26.0 Å². The Balaban J connectivity index is 2.04. The molecule has 174 valence electrons. The number of nitrogens with one attached hydrogen (secondary N) is 1. The monoisotopic (exact) mass is 458 g/mol. The van der Waals surface area contributed by atoms with E-state index in [0.29, 0.717) is 31.9 Å². The molecule has 0 bridgehead atoms. The smallest absolute Gasteiger partial charge is 0.242 e. The third-order valence-electron chi connectivity index (χ3n) is 5.19. The molecule has 9 nitrogen and oxygen atoms in total. The Morgan fingerprint density at radius 2 is 1.84 bits per heavy atom. The zero-order valence-electron chi connectivity index (χ0n) is 18.2. The third kappa shape index (κ3) is 8.17. The highest BCUT2D eigenvalue weighted by Crippen LogP contribution is 2.12. The first-order valence-corrected chi connectivity index (χ1v) is 12.0. The molecule has 1 atom stereocenters. The number of hydrogen-bond acceptors (Lipinski definition) is 6. The average Bonchev–Trinajstić information content (AvgIpc) is 2.72. The fourth-order valence-corrected chi connectivity index (χ4v) is 3.42. The van der Waals surface area contributed by atoms with Crippen LogP contribution in [0.25, 0.3) is 0 Å². The molecule has 0 unspecified atom stereocenters. The summed E-state index contributed by atoms with van der Waals surface area (Å²) in [5.74, 6) is -1.27. The van der Waals surface area contributed by atoms with Crippen LogP contribution >= 0.6 is 0 Å². The molecule has 1 heterocycles. The average molecular weight is 459 g/mol. The zero-order chi connectivity index (χ0) is 23.0. The van der Waals surface area contributed by atoms with E-state index in [1.54, 1.807) is 6.92 Å². The molecule has 1 saturated heterocycles. The molecule has 0 aliphatic carbocycles. The van der Waals surface area contributed by atoms with Crippen molar-refractivity contribution >= 4 is 21.8 Å². The van der Waals surface area contributed by atoms with Crippen molar-refractivity contribution in [3.63, 3.8) is 0 Å². The lowest BCUT2D eigenvalue weighted by molar-refractivity contribution is -0.140. The topological polar surface area (TPSA) is 99.3 Å². The van der Waals surface area contributed by atoms with Crippen molar-refractivity contribution in [3.8, 4) is 0 Å². The summed E-state index contributed by atoms with van der Waals surface area (Å²) in [4.78, 5) is 29.1. The number of ether oxygens (including phenoxy) is 1. The predicted molar refractivity (Wildman–Crippen MR) is 114 cm³/mol. The molecule has 2 rings (SSSR count). The third-order valence-corrected chi connectivity index (χ3v) is 6.45. The Morgan fingerprint density at radius 3 is 2.42 bits per heavy atom. The highest BCUT2D eigenvalue weighted by atomic mass is 32.2. The van der Waals surface area contributed by atoms with Crippen LogP contribution in [0.4, 0.5) is 4.39 Å². The van der Waals surface area contributed by atoms with Crippen LogP contribution in [-0.4, -0.2) is 99.6 Å². The van der Waals surface area contributed by atoms with Crippen LogP contribution in [0.3, 0.4) is 0 Å². The highest BCUT2D eigenvalue weighted by molar-refractivity contribution is 7.88. The summed E-state index contributed by atoms with van der Waals surface area (Å²) >= 11 is 0. The molecule has 0 spiro atoms. The maximum absolute atomic E-state index is 13.2. The molecular formula is C20H31FN4O5S. The first-order chi connectivity index (χ1) is 14.6. The Kier molecular flexibility index (Phi) is 9.35. The van der Waals surface area contributed by atoms with Gasteiger partial charge in [0, 0.05) is 39.8 Å². The van der Waals surface area contributed by atoms with Gasteiger partial charge in [0.25, 0.3) is 0 Å². The number of likely N-dealkylation sites (N-methyl/N-ethyl adjacent to an activating group) is 1. The normalized spacial score (nSPS) is 16.2. The van der Waals surface area contributed by atoms with Gasteiger partial charge in [0.15, 0.2) is 0 Å². The fourth-order valence-electron chi connectivity index (χ4n) is 3.08.